The van der Waals surface area contributed by atoms with Crippen molar-refractivity contribution in [2.24, 2.45) is 0 Å². The van der Waals surface area contributed by atoms with E-state index in [-0.39, 0.29) is 5.82 Å². The number of rotatable bonds is 7. The fourth-order valence-electron chi connectivity index (χ4n) is 5.93. The number of nitrogens with zero attached hydrogens (tertiary/aromatic N) is 4. The van der Waals surface area contributed by atoms with E-state index < -0.39 is 0 Å². The number of hydrogen-bond acceptors (Lipinski definition) is 4. The number of H-pyrrole nitrogens is 2. The molecule has 1 fully saturated rings. The van der Waals surface area contributed by atoms with E-state index in [2.05, 4.69) is 81.4 Å². The van der Waals surface area contributed by atoms with Gasteiger partial charge in [0.25, 0.3) is 0 Å². The average molecular weight is 557 g/mol. The maximum Gasteiger partial charge on any atom is 0.139 e. The minimum absolute atomic E-state index is 0.234. The lowest BCUT2D eigenvalue weighted by atomic mass is 9.95. The van der Waals surface area contributed by atoms with Gasteiger partial charge in [-0.15, -0.1) is 0 Å². The third-order valence-electron chi connectivity index (χ3n) is 8.33. The van der Waals surface area contributed by atoms with Crippen LogP contribution in [0.2, 0.25) is 0 Å². The van der Waals surface area contributed by atoms with Gasteiger partial charge in [0, 0.05) is 47.2 Å². The zero-order valence-corrected chi connectivity index (χ0v) is 23.6. The summed E-state index contributed by atoms with van der Waals surface area (Å²) in [4.78, 5) is 23.5. The number of pyridine rings is 1. The normalized spacial score (nSPS) is 14.5. The Bertz CT molecular complexity index is 1810. The Morgan fingerprint density at radius 2 is 1.64 bits per heavy atom. The van der Waals surface area contributed by atoms with Crippen molar-refractivity contribution in [1.29, 1.82) is 0 Å². The molecule has 0 bridgehead atoms. The minimum atomic E-state index is -0.234. The number of piperidine rings is 1. The summed E-state index contributed by atoms with van der Waals surface area (Å²) < 4.78 is 13.6. The van der Waals surface area contributed by atoms with Crippen LogP contribution in [0.3, 0.4) is 0 Å². The number of imidazole rings is 2. The first-order chi connectivity index (χ1) is 20.6. The molecular formula is C35H33FN6. The standard InChI is InChI=1S/C35H33FN6/c1-2-29-21-38-34(39-29)27-18-30(24-6-4-3-5-7-24)33(37-20-27)25-10-8-23(9-11-25)22-42-16-14-26(15-17-42)35-40-31-13-12-28(36)19-32(31)41-35/h3-13,18-21,26H,2,14-17,22H2,1H3,(H,38,39)(H,40,41). The molecule has 3 aromatic heterocycles. The second-order valence-corrected chi connectivity index (χ2v) is 11.1. The Morgan fingerprint density at radius 3 is 2.40 bits per heavy atom. The molecule has 6 nitrogen and oxygen atoms in total. The first-order valence-corrected chi connectivity index (χ1v) is 14.7. The van der Waals surface area contributed by atoms with Crippen molar-refractivity contribution in [2.75, 3.05) is 13.1 Å². The Labute approximate surface area is 244 Å². The van der Waals surface area contributed by atoms with Crippen LogP contribution in [-0.2, 0) is 13.0 Å². The van der Waals surface area contributed by atoms with Gasteiger partial charge in [0.15, 0.2) is 0 Å². The molecule has 6 aromatic rings. The number of aromatic nitrogens is 5. The zero-order valence-electron chi connectivity index (χ0n) is 23.6. The molecule has 3 aromatic carbocycles. The number of aryl methyl sites for hydroxylation is 1. The van der Waals surface area contributed by atoms with E-state index in [1.807, 2.05) is 18.5 Å². The molecule has 0 saturated carbocycles. The zero-order chi connectivity index (χ0) is 28.5. The van der Waals surface area contributed by atoms with E-state index in [9.17, 15) is 4.39 Å². The lowest BCUT2D eigenvalue weighted by molar-refractivity contribution is 0.202. The molecule has 2 N–H and O–H groups in total. The van der Waals surface area contributed by atoms with Gasteiger partial charge in [-0.05, 0) is 67.7 Å². The third kappa shape index (κ3) is 5.35. The maximum atomic E-state index is 13.6. The predicted octanol–water partition coefficient (Wildman–Crippen LogP) is 7.76. The van der Waals surface area contributed by atoms with Gasteiger partial charge >= 0.3 is 0 Å². The number of nitrogens with one attached hydrogen (secondary N) is 2. The van der Waals surface area contributed by atoms with Crippen LogP contribution in [0, 0.1) is 5.82 Å². The second kappa shape index (κ2) is 11.3. The Balaban J connectivity index is 1.06. The van der Waals surface area contributed by atoms with Gasteiger partial charge < -0.3 is 9.97 Å². The SMILES string of the molecule is CCc1cnc(-c2cnc(-c3ccc(CN4CCC(c5nc6ccc(F)cc6[nH]5)CC4)cc3)c(-c3ccccc3)c2)[nH]1. The molecule has 7 heteroatoms. The Kier molecular flexibility index (Phi) is 7.10. The largest absolute Gasteiger partial charge is 0.342 e. The highest BCUT2D eigenvalue weighted by molar-refractivity contribution is 5.83. The van der Waals surface area contributed by atoms with Crippen LogP contribution in [0.25, 0.3) is 44.8 Å². The first-order valence-electron chi connectivity index (χ1n) is 14.7. The lowest BCUT2D eigenvalue weighted by Gasteiger charge is -2.31. The van der Waals surface area contributed by atoms with Crippen molar-refractivity contribution in [3.63, 3.8) is 0 Å². The molecule has 210 valence electrons. The highest BCUT2D eigenvalue weighted by Crippen LogP contribution is 2.34. The molecule has 0 aliphatic carbocycles. The van der Waals surface area contributed by atoms with Gasteiger partial charge in [-0.1, -0.05) is 61.5 Å². The van der Waals surface area contributed by atoms with Crippen molar-refractivity contribution in [3.8, 4) is 33.8 Å². The van der Waals surface area contributed by atoms with Crippen LogP contribution in [0.15, 0.2) is 91.3 Å². The molecule has 1 aliphatic rings. The predicted molar refractivity (Wildman–Crippen MR) is 165 cm³/mol. The summed E-state index contributed by atoms with van der Waals surface area (Å²) in [5.41, 5.74) is 9.27. The number of benzene rings is 3. The van der Waals surface area contributed by atoms with Gasteiger partial charge in [0.2, 0.25) is 0 Å². The summed E-state index contributed by atoms with van der Waals surface area (Å²) in [5, 5.41) is 0. The monoisotopic (exact) mass is 556 g/mol. The highest BCUT2D eigenvalue weighted by atomic mass is 19.1. The molecule has 0 spiro atoms. The Morgan fingerprint density at radius 1 is 0.833 bits per heavy atom. The molecule has 0 radical (unpaired) electrons. The molecule has 0 atom stereocenters. The summed E-state index contributed by atoms with van der Waals surface area (Å²) in [6, 6.07) is 26.2. The first kappa shape index (κ1) is 26.3. The van der Waals surface area contributed by atoms with Crippen LogP contribution >= 0.6 is 0 Å². The molecular weight excluding hydrogens is 523 g/mol. The highest BCUT2D eigenvalue weighted by Gasteiger charge is 2.23. The second-order valence-electron chi connectivity index (χ2n) is 11.1. The van der Waals surface area contributed by atoms with E-state index in [0.29, 0.717) is 5.92 Å². The van der Waals surface area contributed by atoms with Gasteiger partial charge in [0.05, 0.1) is 16.7 Å². The number of aromatic amines is 2. The smallest absolute Gasteiger partial charge is 0.139 e. The number of halogens is 1. The van der Waals surface area contributed by atoms with Crippen molar-refractivity contribution in [2.45, 2.75) is 38.6 Å². The molecule has 42 heavy (non-hydrogen) atoms. The van der Waals surface area contributed by atoms with Gasteiger partial charge in [-0.25, -0.2) is 14.4 Å². The Hall–Kier alpha value is -4.62. The van der Waals surface area contributed by atoms with Crippen molar-refractivity contribution in [3.05, 3.63) is 114 Å². The summed E-state index contributed by atoms with van der Waals surface area (Å²) in [5.74, 6) is 1.96. The molecule has 0 amide bonds. The molecule has 1 aliphatic heterocycles. The van der Waals surface area contributed by atoms with Crippen LogP contribution in [0.5, 0.6) is 0 Å². The fraction of sp³-hybridized carbons (Fsp3) is 0.229. The van der Waals surface area contributed by atoms with Gasteiger partial charge in [-0.2, -0.15) is 0 Å². The van der Waals surface area contributed by atoms with Gasteiger partial charge in [0.1, 0.15) is 17.5 Å². The topological polar surface area (TPSA) is 73.5 Å². The van der Waals surface area contributed by atoms with E-state index in [0.717, 1.165) is 95.2 Å². The van der Waals surface area contributed by atoms with E-state index in [1.165, 1.54) is 17.7 Å². The molecule has 0 unspecified atom stereocenters. The summed E-state index contributed by atoms with van der Waals surface area (Å²) in [6.45, 7) is 5.04. The van der Waals surface area contributed by atoms with Gasteiger partial charge in [-0.3, -0.25) is 9.88 Å². The van der Waals surface area contributed by atoms with Crippen LogP contribution in [0.4, 0.5) is 4.39 Å². The number of fused-ring (bicyclic) bond motifs is 1. The minimum Gasteiger partial charge on any atom is -0.342 e. The van der Waals surface area contributed by atoms with Crippen molar-refractivity contribution in [1.82, 2.24) is 29.8 Å². The van der Waals surface area contributed by atoms with Crippen LogP contribution in [-0.4, -0.2) is 42.9 Å². The number of likely N-dealkylation sites (tertiary alicyclic amines) is 1. The molecule has 1 saturated heterocycles. The maximum absolute atomic E-state index is 13.6. The lowest BCUT2D eigenvalue weighted by Crippen LogP contribution is -2.32. The quantitative estimate of drug-likeness (QED) is 0.211. The van der Waals surface area contributed by atoms with Crippen LogP contribution < -0.4 is 0 Å². The van der Waals surface area contributed by atoms with Crippen molar-refractivity contribution >= 4 is 11.0 Å². The molecule has 4 heterocycles. The van der Waals surface area contributed by atoms with E-state index in [1.54, 1.807) is 6.07 Å². The number of hydrogen-bond donors (Lipinski definition) is 2. The summed E-state index contributed by atoms with van der Waals surface area (Å²) >= 11 is 0. The summed E-state index contributed by atoms with van der Waals surface area (Å²) in [6.07, 6.45) is 6.79. The van der Waals surface area contributed by atoms with Crippen molar-refractivity contribution < 1.29 is 4.39 Å². The van der Waals surface area contributed by atoms with E-state index >= 15 is 0 Å². The molecule has 7 rings (SSSR count). The summed E-state index contributed by atoms with van der Waals surface area (Å²) in [7, 11) is 0. The van der Waals surface area contributed by atoms with E-state index in [4.69, 9.17) is 9.97 Å². The van der Waals surface area contributed by atoms with Crippen LogP contribution in [0.1, 0.15) is 42.8 Å². The fourth-order valence-corrected chi connectivity index (χ4v) is 5.93. The average Bonchev–Trinajstić information content (AvgIpc) is 3.69. The third-order valence-corrected chi connectivity index (χ3v) is 8.33.